The predicted octanol–water partition coefficient (Wildman–Crippen LogP) is 1.75. The van der Waals surface area contributed by atoms with Gasteiger partial charge in [-0.05, 0) is 31.4 Å². The monoisotopic (exact) mass is 302 g/mol. The van der Waals surface area contributed by atoms with Gasteiger partial charge in [0.1, 0.15) is 5.75 Å². The first kappa shape index (κ1) is 16.1. The van der Waals surface area contributed by atoms with Crippen LogP contribution in [0.2, 0.25) is 0 Å². The van der Waals surface area contributed by atoms with Crippen molar-refractivity contribution in [3.63, 3.8) is 0 Å². The van der Waals surface area contributed by atoms with Gasteiger partial charge in [-0.25, -0.2) is 0 Å². The Labute approximate surface area is 130 Å². The number of benzene rings is 1. The summed E-state index contributed by atoms with van der Waals surface area (Å²) in [6, 6.07) is 7.15. The van der Waals surface area contributed by atoms with Crippen LogP contribution in [-0.4, -0.2) is 18.5 Å². The van der Waals surface area contributed by atoms with Crippen molar-refractivity contribution >= 4 is 17.6 Å². The summed E-state index contributed by atoms with van der Waals surface area (Å²) in [5.41, 5.74) is 0.563. The van der Waals surface area contributed by atoms with E-state index in [-0.39, 0.29) is 5.91 Å². The summed E-state index contributed by atoms with van der Waals surface area (Å²) in [4.78, 5) is 23.6. The molecule has 0 fully saturated rings. The number of rotatable bonds is 6. The van der Waals surface area contributed by atoms with Crippen molar-refractivity contribution in [2.24, 2.45) is 11.8 Å². The maximum atomic E-state index is 12.4. The van der Waals surface area contributed by atoms with Gasteiger partial charge in [0.15, 0.2) is 0 Å². The topological polar surface area (TPSA) is 78.5 Å². The van der Waals surface area contributed by atoms with Gasteiger partial charge in [0.2, 0.25) is 5.91 Å². The first-order valence-corrected chi connectivity index (χ1v) is 7.52. The highest BCUT2D eigenvalue weighted by Crippen LogP contribution is 2.29. The largest absolute Gasteiger partial charge is 0.550 e. The number of carboxylic acids is 1. The molecular weight excluding hydrogens is 282 g/mol. The van der Waals surface area contributed by atoms with Gasteiger partial charge in [-0.3, -0.25) is 4.79 Å². The molecule has 1 aromatic carbocycles. The fourth-order valence-corrected chi connectivity index (χ4v) is 2.50. The zero-order chi connectivity index (χ0) is 15.9. The van der Waals surface area contributed by atoms with E-state index in [1.54, 1.807) is 24.3 Å². The van der Waals surface area contributed by atoms with Crippen molar-refractivity contribution in [3.05, 3.63) is 36.4 Å². The molecule has 22 heavy (non-hydrogen) atoms. The molecule has 0 aromatic heterocycles. The highest BCUT2D eigenvalue weighted by molar-refractivity contribution is 5.96. The molecule has 0 bridgehead atoms. The Bertz CT molecular complexity index is 568. The maximum absolute atomic E-state index is 12.4. The van der Waals surface area contributed by atoms with Crippen molar-refractivity contribution in [3.8, 4) is 5.75 Å². The van der Waals surface area contributed by atoms with Crippen LogP contribution >= 0.6 is 0 Å². The lowest BCUT2D eigenvalue weighted by atomic mass is 9.82. The normalized spacial score (nSPS) is 20.4. The number of para-hydroxylation sites is 2. The minimum absolute atomic E-state index is 0.314. The lowest BCUT2D eigenvalue weighted by Gasteiger charge is -2.28. The number of ether oxygens (including phenoxy) is 1. The molecule has 0 radical (unpaired) electrons. The number of amides is 1. The molecule has 2 atom stereocenters. The van der Waals surface area contributed by atoms with Crippen LogP contribution in [0.1, 0.15) is 26.2 Å². The van der Waals surface area contributed by atoms with Gasteiger partial charge in [-0.2, -0.15) is 0 Å². The van der Waals surface area contributed by atoms with Crippen LogP contribution < -0.4 is 15.2 Å². The van der Waals surface area contributed by atoms with E-state index in [2.05, 4.69) is 5.32 Å². The average Bonchev–Trinajstić information content (AvgIpc) is 2.54. The second-order valence-corrected chi connectivity index (χ2v) is 5.31. The molecule has 0 heterocycles. The lowest BCUT2D eigenvalue weighted by molar-refractivity contribution is -0.313. The van der Waals surface area contributed by atoms with E-state index in [1.165, 1.54) is 0 Å². The van der Waals surface area contributed by atoms with E-state index < -0.39 is 17.8 Å². The fourth-order valence-electron chi connectivity index (χ4n) is 2.50. The quantitative estimate of drug-likeness (QED) is 0.812. The van der Waals surface area contributed by atoms with Crippen molar-refractivity contribution in [1.29, 1.82) is 0 Å². The average molecular weight is 302 g/mol. The third kappa shape index (κ3) is 3.87. The molecular formula is C17H20NO4-. The number of carbonyl (C=O) groups is 2. The standard InChI is InChI=1S/C17H21NO4/c1-2-11-22-15-10-6-5-9-14(15)18-16(19)12-7-3-4-8-13(12)17(20)21/h3-6,9-10,12-13H,2,7-8,11H2,1H3,(H,18,19)(H,20,21)/p-1/t12-,13+/m0/s1. The third-order valence-electron chi connectivity index (χ3n) is 3.68. The Morgan fingerprint density at radius 3 is 2.59 bits per heavy atom. The number of nitrogens with one attached hydrogen (secondary N) is 1. The van der Waals surface area contributed by atoms with E-state index in [9.17, 15) is 14.7 Å². The molecule has 0 saturated carbocycles. The molecule has 0 aliphatic heterocycles. The lowest BCUT2D eigenvalue weighted by Crippen LogP contribution is -2.41. The molecule has 2 rings (SSSR count). The smallest absolute Gasteiger partial charge is 0.228 e. The molecule has 1 N–H and O–H groups in total. The van der Waals surface area contributed by atoms with Crippen molar-refractivity contribution in [2.45, 2.75) is 26.2 Å². The van der Waals surface area contributed by atoms with Crippen LogP contribution in [0, 0.1) is 11.8 Å². The van der Waals surface area contributed by atoms with Gasteiger partial charge in [0.25, 0.3) is 0 Å². The van der Waals surface area contributed by atoms with Gasteiger partial charge in [-0.15, -0.1) is 0 Å². The summed E-state index contributed by atoms with van der Waals surface area (Å²) >= 11 is 0. The highest BCUT2D eigenvalue weighted by atomic mass is 16.5. The highest BCUT2D eigenvalue weighted by Gasteiger charge is 2.30. The van der Waals surface area contributed by atoms with E-state index >= 15 is 0 Å². The summed E-state index contributed by atoms with van der Waals surface area (Å²) in [5.74, 6) is -2.30. The number of hydrogen-bond acceptors (Lipinski definition) is 4. The number of aliphatic carboxylic acids is 1. The number of carbonyl (C=O) groups excluding carboxylic acids is 2. The molecule has 1 aromatic rings. The first-order valence-electron chi connectivity index (χ1n) is 7.52. The van der Waals surface area contributed by atoms with E-state index in [0.717, 1.165) is 6.42 Å². The number of allylic oxidation sites excluding steroid dienone is 2. The Hall–Kier alpha value is -2.30. The molecule has 5 nitrogen and oxygen atoms in total. The zero-order valence-electron chi connectivity index (χ0n) is 12.6. The summed E-state index contributed by atoms with van der Waals surface area (Å²) in [5, 5.41) is 14.0. The summed E-state index contributed by atoms with van der Waals surface area (Å²) in [7, 11) is 0. The van der Waals surface area contributed by atoms with Gasteiger partial charge in [0, 0.05) is 11.9 Å². The Balaban J connectivity index is 2.11. The van der Waals surface area contributed by atoms with Crippen LogP contribution in [0.4, 0.5) is 5.69 Å². The Kier molecular flexibility index (Phi) is 5.58. The van der Waals surface area contributed by atoms with E-state index in [4.69, 9.17) is 4.74 Å². The van der Waals surface area contributed by atoms with Crippen LogP contribution in [-0.2, 0) is 9.59 Å². The number of anilines is 1. The minimum atomic E-state index is -1.18. The Morgan fingerprint density at radius 1 is 1.23 bits per heavy atom. The third-order valence-corrected chi connectivity index (χ3v) is 3.68. The molecule has 0 spiro atoms. The molecule has 118 valence electrons. The Morgan fingerprint density at radius 2 is 1.91 bits per heavy atom. The van der Waals surface area contributed by atoms with E-state index in [0.29, 0.717) is 30.9 Å². The van der Waals surface area contributed by atoms with Gasteiger partial charge in [-0.1, -0.05) is 31.2 Å². The molecule has 1 amide bonds. The van der Waals surface area contributed by atoms with Crippen LogP contribution in [0.5, 0.6) is 5.75 Å². The second-order valence-electron chi connectivity index (χ2n) is 5.31. The van der Waals surface area contributed by atoms with Gasteiger partial charge in [0.05, 0.1) is 18.2 Å². The van der Waals surface area contributed by atoms with Gasteiger partial charge < -0.3 is 20.0 Å². The zero-order valence-corrected chi connectivity index (χ0v) is 12.6. The summed E-state index contributed by atoms with van der Waals surface area (Å²) in [6.45, 7) is 2.56. The first-order chi connectivity index (χ1) is 10.6. The molecule has 1 aliphatic rings. The van der Waals surface area contributed by atoms with E-state index in [1.807, 2.05) is 19.1 Å². The van der Waals surface area contributed by atoms with Crippen molar-refractivity contribution < 1.29 is 19.4 Å². The molecule has 0 unspecified atom stereocenters. The molecule has 1 aliphatic carbocycles. The summed E-state index contributed by atoms with van der Waals surface area (Å²) in [6.07, 6.45) is 5.21. The predicted molar refractivity (Wildman–Crippen MR) is 81.2 cm³/mol. The van der Waals surface area contributed by atoms with Crippen molar-refractivity contribution in [2.75, 3.05) is 11.9 Å². The fraction of sp³-hybridized carbons (Fsp3) is 0.412. The van der Waals surface area contributed by atoms with Crippen LogP contribution in [0.15, 0.2) is 36.4 Å². The van der Waals surface area contributed by atoms with Crippen LogP contribution in [0.3, 0.4) is 0 Å². The van der Waals surface area contributed by atoms with Gasteiger partial charge >= 0.3 is 0 Å². The minimum Gasteiger partial charge on any atom is -0.550 e. The second kappa shape index (κ2) is 7.64. The van der Waals surface area contributed by atoms with Crippen LogP contribution in [0.25, 0.3) is 0 Å². The number of carboxylic acid groups (broad SMARTS) is 1. The maximum Gasteiger partial charge on any atom is 0.228 e. The molecule has 0 saturated heterocycles. The molecule has 5 heteroatoms. The number of hydrogen-bond donors (Lipinski definition) is 1. The SMILES string of the molecule is CCCOc1ccccc1NC(=O)[C@H]1CC=CC[C@H]1C(=O)[O-]. The van der Waals surface area contributed by atoms with Crippen molar-refractivity contribution in [1.82, 2.24) is 0 Å². The summed E-state index contributed by atoms with van der Waals surface area (Å²) < 4.78 is 5.59.